The maximum absolute atomic E-state index is 10.1. The fraction of sp³-hybridized carbons (Fsp3) is 1.00. The lowest BCUT2D eigenvalue weighted by Gasteiger charge is -2.30. The van der Waals surface area contributed by atoms with E-state index in [9.17, 15) is 5.11 Å². The fourth-order valence-corrected chi connectivity index (χ4v) is 2.85. The van der Waals surface area contributed by atoms with Gasteiger partial charge in [-0.2, -0.15) is 0 Å². The Balaban J connectivity index is 2.12. The lowest BCUT2D eigenvalue weighted by Crippen LogP contribution is -2.25. The van der Waals surface area contributed by atoms with Gasteiger partial charge in [-0.25, -0.2) is 0 Å². The van der Waals surface area contributed by atoms with Crippen molar-refractivity contribution < 1.29 is 5.11 Å². The van der Waals surface area contributed by atoms with E-state index >= 15 is 0 Å². The van der Waals surface area contributed by atoms with Crippen LogP contribution >= 0.6 is 0 Å². The van der Waals surface area contributed by atoms with E-state index in [2.05, 4.69) is 13.8 Å². The molecule has 1 heteroatoms. The van der Waals surface area contributed by atoms with Gasteiger partial charge in [0.05, 0.1) is 6.10 Å². The molecule has 1 saturated carbocycles. The van der Waals surface area contributed by atoms with Gasteiger partial charge in [-0.05, 0) is 31.1 Å². The van der Waals surface area contributed by atoms with Gasteiger partial charge in [0.25, 0.3) is 0 Å². The van der Waals surface area contributed by atoms with E-state index in [1.807, 2.05) is 0 Å². The van der Waals surface area contributed by atoms with Crippen molar-refractivity contribution in [3.05, 3.63) is 0 Å². The molecule has 0 aromatic carbocycles. The first-order valence-electron chi connectivity index (χ1n) is 6.92. The second-order valence-corrected chi connectivity index (χ2v) is 5.45. The van der Waals surface area contributed by atoms with Crippen molar-refractivity contribution >= 4 is 0 Å². The van der Waals surface area contributed by atoms with E-state index in [1.54, 1.807) is 0 Å². The van der Waals surface area contributed by atoms with Crippen LogP contribution in [-0.2, 0) is 0 Å². The van der Waals surface area contributed by atoms with Crippen LogP contribution in [0.3, 0.4) is 0 Å². The highest BCUT2D eigenvalue weighted by Gasteiger charge is 2.24. The first-order chi connectivity index (χ1) is 7.24. The van der Waals surface area contributed by atoms with Crippen LogP contribution in [0.4, 0.5) is 0 Å². The quantitative estimate of drug-likeness (QED) is 0.656. The Hall–Kier alpha value is -0.0400. The van der Waals surface area contributed by atoms with Crippen molar-refractivity contribution in [2.24, 2.45) is 11.8 Å². The van der Waals surface area contributed by atoms with Crippen molar-refractivity contribution in [3.8, 4) is 0 Å². The zero-order chi connectivity index (χ0) is 11.1. The molecule has 0 aliphatic heterocycles. The molecule has 0 radical (unpaired) electrons. The molecule has 1 aliphatic carbocycles. The van der Waals surface area contributed by atoms with Crippen LogP contribution in [-0.4, -0.2) is 11.2 Å². The van der Waals surface area contributed by atoms with Crippen LogP contribution in [0.15, 0.2) is 0 Å². The second kappa shape index (κ2) is 7.27. The number of aliphatic hydroxyl groups excluding tert-OH is 1. The van der Waals surface area contributed by atoms with E-state index < -0.39 is 0 Å². The Morgan fingerprint density at radius 2 is 2.00 bits per heavy atom. The summed E-state index contributed by atoms with van der Waals surface area (Å²) < 4.78 is 0. The van der Waals surface area contributed by atoms with Gasteiger partial charge in [0, 0.05) is 0 Å². The third kappa shape index (κ3) is 5.01. The van der Waals surface area contributed by atoms with Crippen LogP contribution in [0, 0.1) is 11.8 Å². The topological polar surface area (TPSA) is 20.2 Å². The summed E-state index contributed by atoms with van der Waals surface area (Å²) in [6, 6.07) is 0. The minimum absolute atomic E-state index is 0.00962. The third-order valence-electron chi connectivity index (χ3n) is 3.87. The second-order valence-electron chi connectivity index (χ2n) is 5.45. The predicted molar refractivity (Wildman–Crippen MR) is 65.9 cm³/mol. The minimum Gasteiger partial charge on any atom is -0.393 e. The zero-order valence-corrected chi connectivity index (χ0v) is 10.5. The summed E-state index contributed by atoms with van der Waals surface area (Å²) in [5.74, 6) is 1.45. The molecule has 0 heterocycles. The first kappa shape index (κ1) is 13.0. The summed E-state index contributed by atoms with van der Waals surface area (Å²) in [6.45, 7) is 4.56. The molecule has 1 aliphatic rings. The standard InChI is InChI=1S/C14H28O/c1-3-4-5-6-10-14(15)13-9-7-8-12(2)11-13/h12-15H,3-11H2,1-2H3. The SMILES string of the molecule is CCCCCCC(O)C1CCCC(C)C1. The molecule has 3 unspecified atom stereocenters. The molecule has 3 atom stereocenters. The van der Waals surface area contributed by atoms with Gasteiger partial charge in [0.15, 0.2) is 0 Å². The van der Waals surface area contributed by atoms with E-state index in [-0.39, 0.29) is 6.10 Å². The highest BCUT2D eigenvalue weighted by molar-refractivity contribution is 4.76. The summed E-state index contributed by atoms with van der Waals surface area (Å²) in [7, 11) is 0. The van der Waals surface area contributed by atoms with Crippen molar-refractivity contribution in [2.75, 3.05) is 0 Å². The minimum atomic E-state index is -0.00962. The molecule has 15 heavy (non-hydrogen) atoms. The van der Waals surface area contributed by atoms with E-state index in [1.165, 1.54) is 51.4 Å². The summed E-state index contributed by atoms with van der Waals surface area (Å²) in [4.78, 5) is 0. The van der Waals surface area contributed by atoms with Gasteiger partial charge in [-0.3, -0.25) is 0 Å². The molecule has 0 aromatic heterocycles. The highest BCUT2D eigenvalue weighted by Crippen LogP contribution is 2.32. The number of rotatable bonds is 6. The molecular weight excluding hydrogens is 184 g/mol. The van der Waals surface area contributed by atoms with Crippen LogP contribution in [0.1, 0.15) is 71.6 Å². The summed E-state index contributed by atoms with van der Waals surface area (Å²) >= 11 is 0. The van der Waals surface area contributed by atoms with Gasteiger partial charge in [-0.15, -0.1) is 0 Å². The van der Waals surface area contributed by atoms with Crippen LogP contribution in [0.25, 0.3) is 0 Å². The van der Waals surface area contributed by atoms with Gasteiger partial charge in [0.1, 0.15) is 0 Å². The number of aliphatic hydroxyl groups is 1. The average molecular weight is 212 g/mol. The van der Waals surface area contributed by atoms with Crippen molar-refractivity contribution in [1.29, 1.82) is 0 Å². The van der Waals surface area contributed by atoms with Crippen molar-refractivity contribution in [2.45, 2.75) is 77.7 Å². The van der Waals surface area contributed by atoms with Gasteiger partial charge in [0.2, 0.25) is 0 Å². The molecule has 1 nitrogen and oxygen atoms in total. The monoisotopic (exact) mass is 212 g/mol. The molecule has 1 N–H and O–H groups in total. The molecule has 0 spiro atoms. The Kier molecular flexibility index (Phi) is 6.31. The summed E-state index contributed by atoms with van der Waals surface area (Å²) in [5, 5.41) is 10.1. The molecule has 90 valence electrons. The van der Waals surface area contributed by atoms with E-state index in [0.717, 1.165) is 12.3 Å². The van der Waals surface area contributed by atoms with Crippen LogP contribution in [0.5, 0.6) is 0 Å². The molecule has 0 amide bonds. The Morgan fingerprint density at radius 1 is 1.20 bits per heavy atom. The average Bonchev–Trinajstić information content (AvgIpc) is 2.24. The molecular formula is C14H28O. The van der Waals surface area contributed by atoms with Crippen molar-refractivity contribution in [1.82, 2.24) is 0 Å². The molecule has 0 aromatic rings. The van der Waals surface area contributed by atoms with Crippen molar-refractivity contribution in [3.63, 3.8) is 0 Å². The van der Waals surface area contributed by atoms with Gasteiger partial charge >= 0.3 is 0 Å². The fourth-order valence-electron chi connectivity index (χ4n) is 2.85. The predicted octanol–water partition coefficient (Wildman–Crippen LogP) is 4.14. The smallest absolute Gasteiger partial charge is 0.0568 e. The Morgan fingerprint density at radius 3 is 2.67 bits per heavy atom. The molecule has 1 rings (SSSR count). The zero-order valence-electron chi connectivity index (χ0n) is 10.5. The number of unbranched alkanes of at least 4 members (excludes halogenated alkanes) is 3. The lowest BCUT2D eigenvalue weighted by atomic mass is 9.78. The third-order valence-corrected chi connectivity index (χ3v) is 3.87. The summed E-state index contributed by atoms with van der Waals surface area (Å²) in [6.07, 6.45) is 11.4. The molecule has 0 bridgehead atoms. The normalized spacial score (nSPS) is 29.0. The summed E-state index contributed by atoms with van der Waals surface area (Å²) in [5.41, 5.74) is 0. The molecule has 0 saturated heterocycles. The maximum atomic E-state index is 10.1. The van der Waals surface area contributed by atoms with Crippen LogP contribution in [0.2, 0.25) is 0 Å². The van der Waals surface area contributed by atoms with Gasteiger partial charge < -0.3 is 5.11 Å². The highest BCUT2D eigenvalue weighted by atomic mass is 16.3. The Bertz CT molecular complexity index is 155. The van der Waals surface area contributed by atoms with Crippen LogP contribution < -0.4 is 0 Å². The van der Waals surface area contributed by atoms with E-state index in [0.29, 0.717) is 5.92 Å². The first-order valence-corrected chi connectivity index (χ1v) is 6.92. The molecule has 1 fully saturated rings. The number of hydrogen-bond acceptors (Lipinski definition) is 1. The maximum Gasteiger partial charge on any atom is 0.0568 e. The van der Waals surface area contributed by atoms with E-state index in [4.69, 9.17) is 0 Å². The number of hydrogen-bond donors (Lipinski definition) is 1. The Labute approximate surface area is 95.3 Å². The largest absolute Gasteiger partial charge is 0.393 e. The van der Waals surface area contributed by atoms with Gasteiger partial charge in [-0.1, -0.05) is 52.4 Å². The lowest BCUT2D eigenvalue weighted by molar-refractivity contribution is 0.0627.